The van der Waals surface area contributed by atoms with E-state index in [1.807, 2.05) is 13.1 Å². The maximum Gasteiger partial charge on any atom is 0.339 e. The van der Waals surface area contributed by atoms with Crippen LogP contribution in [-0.2, 0) is 26.1 Å². The molecule has 1 heterocycles. The molecule has 7 nitrogen and oxygen atoms in total. The monoisotopic (exact) mass is 623 g/mol. The topological polar surface area (TPSA) is 90.0 Å². The van der Waals surface area contributed by atoms with E-state index in [1.165, 1.54) is 31.4 Å². The van der Waals surface area contributed by atoms with E-state index in [0.717, 1.165) is 11.4 Å². The Bertz CT molecular complexity index is 1640. The highest BCUT2D eigenvalue weighted by Crippen LogP contribution is 2.55. The SMILES string of the molecule is C=CCc1cc(C2C3=C(CC(C)(C)CC3=O)N(C)C3=C2C(=O)CC(C)(C)C3)cc(OC)c1OS(=O)(=O)c1ccc(Cl)cc1. The number of rotatable bonds is 7. The smallest absolute Gasteiger partial charge is 0.339 e. The van der Waals surface area contributed by atoms with E-state index in [0.29, 0.717) is 53.0 Å². The molecule has 0 amide bonds. The van der Waals surface area contributed by atoms with Crippen molar-refractivity contribution in [1.82, 2.24) is 4.90 Å². The first-order chi connectivity index (χ1) is 20.1. The summed E-state index contributed by atoms with van der Waals surface area (Å²) in [7, 11) is -0.836. The van der Waals surface area contributed by atoms with Gasteiger partial charge in [-0.05, 0) is 66.0 Å². The molecular formula is C34H38ClNO6S. The Kier molecular flexibility index (Phi) is 7.93. The Hall–Kier alpha value is -3.36. The minimum atomic E-state index is -4.24. The first-order valence-corrected chi connectivity index (χ1v) is 16.1. The molecule has 0 bridgehead atoms. The number of nitrogens with zero attached hydrogens (tertiary/aromatic N) is 1. The van der Waals surface area contributed by atoms with Gasteiger partial charge in [0.15, 0.2) is 23.1 Å². The lowest BCUT2D eigenvalue weighted by atomic mass is 9.63. The van der Waals surface area contributed by atoms with Crippen LogP contribution < -0.4 is 8.92 Å². The molecule has 1 aliphatic heterocycles. The Labute approximate surface area is 259 Å². The second-order valence-corrected chi connectivity index (χ2v) is 15.3. The Morgan fingerprint density at radius 3 is 1.98 bits per heavy atom. The Morgan fingerprint density at radius 1 is 0.953 bits per heavy atom. The Balaban J connectivity index is 1.72. The quantitative estimate of drug-likeness (QED) is 0.239. The number of Topliss-reactive ketones (excluding diaryl/α,β-unsaturated/α-hetero) is 2. The zero-order valence-corrected chi connectivity index (χ0v) is 27.1. The summed E-state index contributed by atoms with van der Waals surface area (Å²) in [4.78, 5) is 29.8. The maximum atomic E-state index is 13.9. The van der Waals surface area contributed by atoms with Crippen molar-refractivity contribution in [1.29, 1.82) is 0 Å². The van der Waals surface area contributed by atoms with Gasteiger partial charge in [0.05, 0.1) is 7.11 Å². The van der Waals surface area contributed by atoms with Crippen LogP contribution in [0.15, 0.2) is 76.5 Å². The summed E-state index contributed by atoms with van der Waals surface area (Å²) < 4.78 is 38.0. The van der Waals surface area contributed by atoms with Gasteiger partial charge >= 0.3 is 10.1 Å². The molecule has 0 radical (unpaired) electrons. The van der Waals surface area contributed by atoms with Crippen molar-refractivity contribution >= 4 is 33.3 Å². The van der Waals surface area contributed by atoms with Crippen molar-refractivity contribution < 1.29 is 26.9 Å². The molecule has 2 aliphatic carbocycles. The van der Waals surface area contributed by atoms with Crippen LogP contribution in [0.5, 0.6) is 11.5 Å². The fraction of sp³-hybridized carbons (Fsp3) is 0.412. The van der Waals surface area contributed by atoms with Gasteiger partial charge in [0.1, 0.15) is 4.90 Å². The van der Waals surface area contributed by atoms with E-state index in [1.54, 1.807) is 12.1 Å². The predicted molar refractivity (Wildman–Crippen MR) is 167 cm³/mol. The number of allylic oxidation sites excluding steroid dienone is 5. The molecule has 2 aromatic rings. The number of hydrogen-bond donors (Lipinski definition) is 0. The normalized spacial score (nSPS) is 20.1. The molecular weight excluding hydrogens is 586 g/mol. The van der Waals surface area contributed by atoms with Crippen LogP contribution in [0.4, 0.5) is 0 Å². The highest BCUT2D eigenvalue weighted by Gasteiger charge is 2.48. The van der Waals surface area contributed by atoms with Crippen molar-refractivity contribution in [3.8, 4) is 11.5 Å². The number of carbonyl (C=O) groups is 2. The summed E-state index contributed by atoms with van der Waals surface area (Å²) in [6, 6.07) is 9.22. The van der Waals surface area contributed by atoms with Gasteiger partial charge in [-0.1, -0.05) is 51.4 Å². The highest BCUT2D eigenvalue weighted by molar-refractivity contribution is 7.87. The molecule has 0 aromatic heterocycles. The summed E-state index contributed by atoms with van der Waals surface area (Å²) >= 11 is 5.96. The molecule has 0 atom stereocenters. The molecule has 0 fully saturated rings. The first kappa shape index (κ1) is 31.1. The molecule has 228 valence electrons. The standard InChI is InChI=1S/C34H38ClNO6S/c1-8-9-20-14-21(15-28(41-7)32(20)42-43(39,40)23-12-10-22(35)11-13-23)29-30-24(16-33(2,3)18-26(30)37)36(6)25-17-34(4,5)19-27(38)31(25)29/h8,10-15,29H,1,9,16-19H2,2-7H3. The van der Waals surface area contributed by atoms with Crippen molar-refractivity contribution in [2.75, 3.05) is 14.2 Å². The van der Waals surface area contributed by atoms with Gasteiger partial charge in [0.2, 0.25) is 0 Å². The summed E-state index contributed by atoms with van der Waals surface area (Å²) in [5, 5.41) is 0.398. The number of ether oxygens (including phenoxy) is 1. The van der Waals surface area contributed by atoms with Gasteiger partial charge in [-0.2, -0.15) is 8.42 Å². The van der Waals surface area contributed by atoms with E-state index in [9.17, 15) is 18.0 Å². The maximum absolute atomic E-state index is 13.9. The minimum absolute atomic E-state index is 0.0159. The minimum Gasteiger partial charge on any atom is -0.493 e. The number of hydrogen-bond acceptors (Lipinski definition) is 7. The highest BCUT2D eigenvalue weighted by atomic mass is 35.5. The van der Waals surface area contributed by atoms with Gasteiger partial charge in [-0.15, -0.1) is 6.58 Å². The lowest BCUT2D eigenvalue weighted by Gasteiger charge is -2.48. The molecule has 0 saturated heterocycles. The third kappa shape index (κ3) is 5.79. The largest absolute Gasteiger partial charge is 0.493 e. The number of carbonyl (C=O) groups excluding carboxylic acids is 2. The van der Waals surface area contributed by atoms with Crippen LogP contribution in [-0.4, -0.2) is 39.0 Å². The van der Waals surface area contributed by atoms with Crippen LogP contribution in [0.2, 0.25) is 5.02 Å². The average Bonchev–Trinajstić information content (AvgIpc) is 2.90. The van der Waals surface area contributed by atoms with Gasteiger partial charge in [-0.25, -0.2) is 0 Å². The second-order valence-electron chi connectivity index (χ2n) is 13.3. The third-order valence-corrected chi connectivity index (χ3v) is 10.0. The van der Waals surface area contributed by atoms with Crippen LogP contribution in [0, 0.1) is 10.8 Å². The van der Waals surface area contributed by atoms with Crippen LogP contribution in [0.1, 0.15) is 70.4 Å². The number of methoxy groups -OCH3 is 1. The molecule has 43 heavy (non-hydrogen) atoms. The predicted octanol–water partition coefficient (Wildman–Crippen LogP) is 7.16. The lowest BCUT2D eigenvalue weighted by molar-refractivity contribution is -0.119. The Morgan fingerprint density at radius 2 is 1.49 bits per heavy atom. The third-order valence-electron chi connectivity index (χ3n) is 8.55. The fourth-order valence-corrected chi connectivity index (χ4v) is 7.76. The molecule has 0 unspecified atom stereocenters. The average molecular weight is 624 g/mol. The van der Waals surface area contributed by atoms with E-state index >= 15 is 0 Å². The summed E-state index contributed by atoms with van der Waals surface area (Å²) in [5.41, 5.74) is 3.87. The molecule has 3 aliphatic rings. The van der Waals surface area contributed by atoms with Gasteiger partial charge in [0.25, 0.3) is 0 Å². The molecule has 2 aromatic carbocycles. The number of ketones is 2. The molecule has 0 spiro atoms. The van der Waals surface area contributed by atoms with Crippen LogP contribution >= 0.6 is 11.6 Å². The van der Waals surface area contributed by atoms with Crippen molar-refractivity contribution in [3.05, 3.63) is 87.7 Å². The zero-order valence-electron chi connectivity index (χ0n) is 25.5. The molecule has 0 saturated carbocycles. The molecule has 0 N–H and O–H groups in total. The fourth-order valence-electron chi connectivity index (χ4n) is 6.66. The van der Waals surface area contributed by atoms with Crippen LogP contribution in [0.25, 0.3) is 0 Å². The van der Waals surface area contributed by atoms with Crippen molar-refractivity contribution in [3.63, 3.8) is 0 Å². The zero-order chi connectivity index (χ0) is 31.5. The molecule has 9 heteroatoms. The number of halogens is 1. The van der Waals surface area contributed by atoms with Crippen molar-refractivity contribution in [2.24, 2.45) is 10.8 Å². The summed E-state index contributed by atoms with van der Waals surface area (Å²) in [6.45, 7) is 12.2. The summed E-state index contributed by atoms with van der Waals surface area (Å²) in [6.07, 6.45) is 4.05. The summed E-state index contributed by atoms with van der Waals surface area (Å²) in [5.74, 6) is -0.357. The lowest BCUT2D eigenvalue weighted by Crippen LogP contribution is -2.43. The van der Waals surface area contributed by atoms with E-state index < -0.39 is 16.0 Å². The van der Waals surface area contributed by atoms with Gasteiger partial charge in [-0.3, -0.25) is 9.59 Å². The van der Waals surface area contributed by atoms with E-state index in [2.05, 4.69) is 39.2 Å². The van der Waals surface area contributed by atoms with Crippen LogP contribution in [0.3, 0.4) is 0 Å². The number of benzene rings is 2. The van der Waals surface area contributed by atoms with Gasteiger partial charge < -0.3 is 13.8 Å². The van der Waals surface area contributed by atoms with Gasteiger partial charge in [0, 0.05) is 58.9 Å². The first-order valence-electron chi connectivity index (χ1n) is 14.4. The van der Waals surface area contributed by atoms with E-state index in [-0.39, 0.29) is 45.2 Å². The second kappa shape index (κ2) is 11.0. The van der Waals surface area contributed by atoms with Crippen molar-refractivity contribution in [2.45, 2.75) is 70.6 Å². The van der Waals surface area contributed by atoms with E-state index in [4.69, 9.17) is 20.5 Å². The molecule has 5 rings (SSSR count).